The SMILES string of the molecule is CC1(C)OCC(OCC2CO2)CO1. The Morgan fingerprint density at radius 3 is 2.38 bits per heavy atom. The van der Waals surface area contributed by atoms with E-state index in [1.54, 1.807) is 0 Å². The van der Waals surface area contributed by atoms with E-state index in [1.165, 1.54) is 0 Å². The second-order valence-electron chi connectivity index (χ2n) is 3.93. The highest BCUT2D eigenvalue weighted by molar-refractivity contribution is 4.71. The van der Waals surface area contributed by atoms with E-state index in [9.17, 15) is 0 Å². The molecule has 0 spiro atoms. The van der Waals surface area contributed by atoms with Crippen molar-refractivity contribution < 1.29 is 18.9 Å². The minimum Gasteiger partial charge on any atom is -0.371 e. The first-order valence-electron chi connectivity index (χ1n) is 4.67. The van der Waals surface area contributed by atoms with Gasteiger partial charge < -0.3 is 18.9 Å². The Labute approximate surface area is 78.1 Å². The Bertz CT molecular complexity index is 164. The molecular weight excluding hydrogens is 172 g/mol. The van der Waals surface area contributed by atoms with Gasteiger partial charge in [-0.3, -0.25) is 0 Å². The van der Waals surface area contributed by atoms with E-state index in [0.717, 1.165) is 6.61 Å². The fourth-order valence-corrected chi connectivity index (χ4v) is 1.18. The maximum absolute atomic E-state index is 5.53. The van der Waals surface area contributed by atoms with E-state index in [1.807, 2.05) is 13.8 Å². The fourth-order valence-electron chi connectivity index (χ4n) is 1.18. The zero-order chi connectivity index (χ0) is 9.31. The van der Waals surface area contributed by atoms with Crippen LogP contribution in [0, 0.1) is 0 Å². The number of epoxide rings is 1. The summed E-state index contributed by atoms with van der Waals surface area (Å²) >= 11 is 0. The molecule has 2 aliphatic rings. The van der Waals surface area contributed by atoms with Crippen molar-refractivity contribution in [3.8, 4) is 0 Å². The third-order valence-electron chi connectivity index (χ3n) is 2.15. The van der Waals surface area contributed by atoms with Gasteiger partial charge in [-0.15, -0.1) is 0 Å². The molecule has 1 atom stereocenters. The molecule has 2 heterocycles. The van der Waals surface area contributed by atoms with Crippen molar-refractivity contribution in [1.82, 2.24) is 0 Å². The molecule has 0 aromatic heterocycles. The lowest BCUT2D eigenvalue weighted by atomic mass is 10.3. The Balaban J connectivity index is 1.65. The van der Waals surface area contributed by atoms with Gasteiger partial charge in [-0.1, -0.05) is 0 Å². The van der Waals surface area contributed by atoms with Crippen LogP contribution in [0.2, 0.25) is 0 Å². The zero-order valence-corrected chi connectivity index (χ0v) is 8.12. The van der Waals surface area contributed by atoms with Crippen LogP contribution in [0.3, 0.4) is 0 Å². The van der Waals surface area contributed by atoms with Crippen LogP contribution >= 0.6 is 0 Å². The van der Waals surface area contributed by atoms with Crippen LogP contribution in [0.5, 0.6) is 0 Å². The molecule has 1 unspecified atom stereocenters. The Morgan fingerprint density at radius 1 is 1.23 bits per heavy atom. The average Bonchev–Trinajstić information content (AvgIpc) is 2.86. The van der Waals surface area contributed by atoms with Crippen LogP contribution in [-0.2, 0) is 18.9 Å². The summed E-state index contributed by atoms with van der Waals surface area (Å²) in [5.74, 6) is -0.448. The molecule has 0 aromatic carbocycles. The van der Waals surface area contributed by atoms with Crippen molar-refractivity contribution in [3.05, 3.63) is 0 Å². The van der Waals surface area contributed by atoms with E-state index >= 15 is 0 Å². The molecule has 2 rings (SSSR count). The normalized spacial score (nSPS) is 33.2. The number of hydrogen-bond acceptors (Lipinski definition) is 4. The lowest BCUT2D eigenvalue weighted by molar-refractivity contribution is -0.279. The van der Waals surface area contributed by atoms with Crippen molar-refractivity contribution in [2.24, 2.45) is 0 Å². The van der Waals surface area contributed by atoms with Gasteiger partial charge in [0.25, 0.3) is 0 Å². The summed E-state index contributed by atoms with van der Waals surface area (Å²) in [5, 5.41) is 0. The summed E-state index contributed by atoms with van der Waals surface area (Å²) in [7, 11) is 0. The first-order valence-corrected chi connectivity index (χ1v) is 4.67. The van der Waals surface area contributed by atoms with Gasteiger partial charge in [-0.2, -0.15) is 0 Å². The summed E-state index contributed by atoms with van der Waals surface area (Å²) in [6, 6.07) is 0. The van der Waals surface area contributed by atoms with Crippen molar-refractivity contribution in [2.45, 2.75) is 31.8 Å². The minimum absolute atomic E-state index is 0.0669. The largest absolute Gasteiger partial charge is 0.371 e. The fraction of sp³-hybridized carbons (Fsp3) is 1.00. The van der Waals surface area contributed by atoms with Gasteiger partial charge in [-0.25, -0.2) is 0 Å². The predicted molar refractivity (Wildman–Crippen MR) is 45.5 cm³/mol. The van der Waals surface area contributed by atoms with E-state index in [4.69, 9.17) is 18.9 Å². The van der Waals surface area contributed by atoms with E-state index < -0.39 is 5.79 Å². The van der Waals surface area contributed by atoms with Crippen LogP contribution in [0.25, 0.3) is 0 Å². The zero-order valence-electron chi connectivity index (χ0n) is 8.12. The summed E-state index contributed by atoms with van der Waals surface area (Å²) in [4.78, 5) is 0. The molecule has 2 saturated heterocycles. The molecule has 0 saturated carbocycles. The minimum atomic E-state index is -0.448. The van der Waals surface area contributed by atoms with Gasteiger partial charge >= 0.3 is 0 Å². The van der Waals surface area contributed by atoms with E-state index in [0.29, 0.717) is 25.9 Å². The van der Waals surface area contributed by atoms with Crippen LogP contribution in [0.1, 0.15) is 13.8 Å². The van der Waals surface area contributed by atoms with Crippen LogP contribution in [0.15, 0.2) is 0 Å². The lowest BCUT2D eigenvalue weighted by Crippen LogP contribution is -2.43. The molecule has 4 nitrogen and oxygen atoms in total. The second kappa shape index (κ2) is 3.53. The van der Waals surface area contributed by atoms with E-state index in [-0.39, 0.29) is 6.10 Å². The Morgan fingerprint density at radius 2 is 1.85 bits per heavy atom. The molecule has 13 heavy (non-hydrogen) atoms. The predicted octanol–water partition coefficient (Wildman–Crippen LogP) is 0.553. The highest BCUT2D eigenvalue weighted by atomic mass is 16.7. The van der Waals surface area contributed by atoms with Crippen LogP contribution in [0.4, 0.5) is 0 Å². The number of hydrogen-bond donors (Lipinski definition) is 0. The molecule has 0 bridgehead atoms. The summed E-state index contributed by atoms with van der Waals surface area (Å²) in [6.07, 6.45) is 0.382. The quantitative estimate of drug-likeness (QED) is 0.606. The highest BCUT2D eigenvalue weighted by Crippen LogP contribution is 2.19. The molecule has 0 radical (unpaired) electrons. The van der Waals surface area contributed by atoms with Gasteiger partial charge in [0, 0.05) is 0 Å². The maximum atomic E-state index is 5.53. The molecule has 2 fully saturated rings. The first-order chi connectivity index (χ1) is 6.16. The Hall–Kier alpha value is -0.160. The van der Waals surface area contributed by atoms with Crippen LogP contribution < -0.4 is 0 Å². The second-order valence-corrected chi connectivity index (χ2v) is 3.93. The van der Waals surface area contributed by atoms with Gasteiger partial charge in [0.05, 0.1) is 26.4 Å². The molecule has 0 aromatic rings. The smallest absolute Gasteiger partial charge is 0.163 e. The number of rotatable bonds is 3. The average molecular weight is 188 g/mol. The lowest BCUT2D eigenvalue weighted by Gasteiger charge is -2.34. The summed E-state index contributed by atoms with van der Waals surface area (Å²) in [6.45, 7) is 6.54. The van der Waals surface area contributed by atoms with Gasteiger partial charge in [0.1, 0.15) is 12.2 Å². The molecule has 76 valence electrons. The van der Waals surface area contributed by atoms with Crippen molar-refractivity contribution in [2.75, 3.05) is 26.4 Å². The molecule has 2 aliphatic heterocycles. The molecule has 0 N–H and O–H groups in total. The Kier molecular flexibility index (Phi) is 2.55. The van der Waals surface area contributed by atoms with Crippen LogP contribution in [-0.4, -0.2) is 44.4 Å². The first kappa shape index (κ1) is 9.40. The van der Waals surface area contributed by atoms with Gasteiger partial charge in [0.2, 0.25) is 0 Å². The van der Waals surface area contributed by atoms with E-state index in [2.05, 4.69) is 0 Å². The third kappa shape index (κ3) is 2.91. The van der Waals surface area contributed by atoms with Crippen molar-refractivity contribution >= 4 is 0 Å². The highest BCUT2D eigenvalue weighted by Gasteiger charge is 2.30. The molecule has 4 heteroatoms. The van der Waals surface area contributed by atoms with Crippen molar-refractivity contribution in [1.29, 1.82) is 0 Å². The topological polar surface area (TPSA) is 40.2 Å². The number of ether oxygens (including phenoxy) is 4. The summed E-state index contributed by atoms with van der Waals surface area (Å²) in [5.41, 5.74) is 0. The van der Waals surface area contributed by atoms with Crippen molar-refractivity contribution in [3.63, 3.8) is 0 Å². The summed E-state index contributed by atoms with van der Waals surface area (Å²) < 4.78 is 21.4. The van der Waals surface area contributed by atoms with Gasteiger partial charge in [0.15, 0.2) is 5.79 Å². The van der Waals surface area contributed by atoms with Gasteiger partial charge in [-0.05, 0) is 13.8 Å². The monoisotopic (exact) mass is 188 g/mol. The molecule has 0 amide bonds. The molecule has 0 aliphatic carbocycles. The maximum Gasteiger partial charge on any atom is 0.163 e. The third-order valence-corrected chi connectivity index (χ3v) is 2.15. The standard InChI is InChI=1S/C9H16O4/c1-9(2)12-5-8(6-13-9)11-4-7-3-10-7/h7-8H,3-6H2,1-2H3. The molecular formula is C9H16O4.